The maximum atomic E-state index is 5.85. The highest BCUT2D eigenvalue weighted by Crippen LogP contribution is 2.14. The van der Waals surface area contributed by atoms with Crippen LogP contribution in [0.25, 0.3) is 0 Å². The van der Waals surface area contributed by atoms with E-state index in [-0.39, 0.29) is 0 Å². The molecule has 0 saturated carbocycles. The molecule has 0 radical (unpaired) electrons. The lowest BCUT2D eigenvalue weighted by atomic mass is 10.2. The Kier molecular flexibility index (Phi) is 7.24. The molecule has 1 aromatic rings. The normalized spacial score (nSPS) is 13.8. The quantitative estimate of drug-likeness (QED) is 0.455. The van der Waals surface area contributed by atoms with E-state index in [9.17, 15) is 0 Å². The van der Waals surface area contributed by atoms with Gasteiger partial charge in [0.05, 0.1) is 13.2 Å². The summed E-state index contributed by atoms with van der Waals surface area (Å²) in [5.41, 5.74) is 2.40. The van der Waals surface area contributed by atoms with Crippen molar-refractivity contribution < 1.29 is 9.57 Å². The van der Waals surface area contributed by atoms with Crippen molar-refractivity contribution in [3.8, 4) is 0 Å². The molecule has 0 amide bonds. The van der Waals surface area contributed by atoms with Crippen LogP contribution in [0.3, 0.4) is 0 Å². The molecule has 4 heteroatoms. The van der Waals surface area contributed by atoms with Crippen LogP contribution >= 0.6 is 11.6 Å². The molecule has 0 fully saturated rings. The van der Waals surface area contributed by atoms with Crippen molar-refractivity contribution in [1.29, 1.82) is 0 Å². The predicted molar refractivity (Wildman–Crippen MR) is 94.8 cm³/mol. The molecule has 0 spiro atoms. The first-order valence-corrected chi connectivity index (χ1v) is 8.31. The van der Waals surface area contributed by atoms with Gasteiger partial charge in [0.1, 0.15) is 5.76 Å². The topological polar surface area (TPSA) is 21.7 Å². The number of hydrogen-bond acceptors (Lipinski definition) is 3. The highest BCUT2D eigenvalue weighted by atomic mass is 35.5. The summed E-state index contributed by atoms with van der Waals surface area (Å²) in [5.74, 6) is 0.792. The van der Waals surface area contributed by atoms with Crippen LogP contribution in [0.2, 0.25) is 5.02 Å². The van der Waals surface area contributed by atoms with Crippen molar-refractivity contribution in [1.82, 2.24) is 5.06 Å². The van der Waals surface area contributed by atoms with E-state index < -0.39 is 0 Å². The van der Waals surface area contributed by atoms with E-state index in [4.69, 9.17) is 21.2 Å². The fourth-order valence-corrected chi connectivity index (χ4v) is 2.27. The Morgan fingerprint density at radius 1 is 1.26 bits per heavy atom. The first-order valence-electron chi connectivity index (χ1n) is 7.93. The zero-order chi connectivity index (χ0) is 16.5. The summed E-state index contributed by atoms with van der Waals surface area (Å²) in [6.07, 6.45) is 8.93. The van der Waals surface area contributed by atoms with Crippen LogP contribution in [0.4, 0.5) is 0 Å². The number of halogens is 1. The standard InChI is InChI=1S/C19H24ClNO2/c1-16-10-12-21(13-11-16)23-17(2)5-3-4-14-22-15-18-6-8-19(20)9-7-18/h6-12H,2-5,13-15H2,1H3. The lowest BCUT2D eigenvalue weighted by molar-refractivity contribution is -0.0706. The van der Waals surface area contributed by atoms with Gasteiger partial charge in [0, 0.05) is 24.3 Å². The average Bonchev–Trinajstić information content (AvgIpc) is 2.54. The van der Waals surface area contributed by atoms with Gasteiger partial charge in [0.15, 0.2) is 0 Å². The SMILES string of the molecule is C=C(CCCCOCc1ccc(Cl)cc1)ON1C=CC(C)=CC1. The second-order valence-electron chi connectivity index (χ2n) is 5.63. The lowest BCUT2D eigenvalue weighted by Crippen LogP contribution is -2.19. The smallest absolute Gasteiger partial charge is 0.125 e. The fourth-order valence-electron chi connectivity index (χ4n) is 2.14. The van der Waals surface area contributed by atoms with E-state index in [0.29, 0.717) is 6.61 Å². The summed E-state index contributed by atoms with van der Waals surface area (Å²) >= 11 is 5.85. The summed E-state index contributed by atoms with van der Waals surface area (Å²) in [6, 6.07) is 7.74. The summed E-state index contributed by atoms with van der Waals surface area (Å²) in [7, 11) is 0. The monoisotopic (exact) mass is 333 g/mol. The van der Waals surface area contributed by atoms with Gasteiger partial charge in [-0.1, -0.05) is 42.0 Å². The van der Waals surface area contributed by atoms with E-state index in [1.807, 2.05) is 36.5 Å². The van der Waals surface area contributed by atoms with Gasteiger partial charge in [-0.2, -0.15) is 0 Å². The molecule has 0 aliphatic carbocycles. The van der Waals surface area contributed by atoms with Crippen LogP contribution in [-0.2, 0) is 16.2 Å². The van der Waals surface area contributed by atoms with Crippen molar-refractivity contribution in [3.05, 3.63) is 71.1 Å². The van der Waals surface area contributed by atoms with Crippen molar-refractivity contribution in [3.63, 3.8) is 0 Å². The maximum absolute atomic E-state index is 5.85. The minimum atomic E-state index is 0.624. The van der Waals surface area contributed by atoms with Gasteiger partial charge in [-0.3, -0.25) is 0 Å². The number of nitrogens with zero attached hydrogens (tertiary/aromatic N) is 1. The van der Waals surface area contributed by atoms with Crippen molar-refractivity contribution >= 4 is 11.6 Å². The van der Waals surface area contributed by atoms with Crippen molar-refractivity contribution in [2.75, 3.05) is 13.2 Å². The Morgan fingerprint density at radius 2 is 2.04 bits per heavy atom. The number of rotatable bonds is 9. The maximum Gasteiger partial charge on any atom is 0.125 e. The number of hydroxylamine groups is 2. The van der Waals surface area contributed by atoms with Crippen LogP contribution in [-0.4, -0.2) is 18.2 Å². The largest absolute Gasteiger partial charge is 0.385 e. The Labute approximate surface area is 143 Å². The van der Waals surface area contributed by atoms with Crippen molar-refractivity contribution in [2.45, 2.75) is 32.8 Å². The zero-order valence-corrected chi connectivity index (χ0v) is 14.4. The van der Waals surface area contributed by atoms with Crippen LogP contribution < -0.4 is 0 Å². The van der Waals surface area contributed by atoms with Gasteiger partial charge in [0.2, 0.25) is 0 Å². The first-order chi connectivity index (χ1) is 11.1. The Balaban J connectivity index is 1.51. The molecule has 1 aliphatic heterocycles. The minimum Gasteiger partial charge on any atom is -0.385 e. The second-order valence-corrected chi connectivity index (χ2v) is 6.07. The lowest BCUT2D eigenvalue weighted by Gasteiger charge is -2.23. The third-order valence-corrected chi connectivity index (χ3v) is 3.77. The molecule has 1 aromatic carbocycles. The van der Waals surface area contributed by atoms with E-state index in [0.717, 1.165) is 48.8 Å². The summed E-state index contributed by atoms with van der Waals surface area (Å²) in [5, 5.41) is 2.55. The minimum absolute atomic E-state index is 0.624. The summed E-state index contributed by atoms with van der Waals surface area (Å²) in [6.45, 7) is 8.18. The number of allylic oxidation sites excluding steroid dienone is 3. The molecule has 0 unspecified atom stereocenters. The molecule has 1 heterocycles. The van der Waals surface area contributed by atoms with Crippen LogP contribution in [0.1, 0.15) is 31.7 Å². The van der Waals surface area contributed by atoms with Gasteiger partial charge >= 0.3 is 0 Å². The van der Waals surface area contributed by atoms with E-state index in [2.05, 4.69) is 19.6 Å². The number of unbranched alkanes of at least 4 members (excludes halogenated alkanes) is 1. The molecule has 1 aliphatic rings. The molecule has 2 rings (SSSR count). The fraction of sp³-hybridized carbons (Fsp3) is 0.368. The van der Waals surface area contributed by atoms with Crippen LogP contribution in [0, 0.1) is 0 Å². The summed E-state index contributed by atoms with van der Waals surface area (Å²) < 4.78 is 5.66. The summed E-state index contributed by atoms with van der Waals surface area (Å²) in [4.78, 5) is 5.68. The van der Waals surface area contributed by atoms with Gasteiger partial charge in [-0.15, -0.1) is 0 Å². The third-order valence-electron chi connectivity index (χ3n) is 3.52. The zero-order valence-electron chi connectivity index (χ0n) is 13.6. The predicted octanol–water partition coefficient (Wildman–Crippen LogP) is 5.25. The third kappa shape index (κ3) is 6.93. The average molecular weight is 334 g/mol. The van der Waals surface area contributed by atoms with Gasteiger partial charge < -0.3 is 9.57 Å². The molecular formula is C19H24ClNO2. The Bertz CT molecular complexity index is 563. The molecule has 124 valence electrons. The van der Waals surface area contributed by atoms with Crippen molar-refractivity contribution in [2.24, 2.45) is 0 Å². The molecule has 23 heavy (non-hydrogen) atoms. The van der Waals surface area contributed by atoms with Gasteiger partial charge in [-0.25, -0.2) is 5.06 Å². The molecule has 3 nitrogen and oxygen atoms in total. The molecule has 0 bridgehead atoms. The van der Waals surface area contributed by atoms with Crippen LogP contribution in [0.15, 0.2) is 60.5 Å². The van der Waals surface area contributed by atoms with Gasteiger partial charge in [0.25, 0.3) is 0 Å². The second kappa shape index (κ2) is 9.43. The highest BCUT2D eigenvalue weighted by molar-refractivity contribution is 6.30. The van der Waals surface area contributed by atoms with E-state index in [1.165, 1.54) is 5.57 Å². The molecule has 0 atom stereocenters. The Morgan fingerprint density at radius 3 is 2.74 bits per heavy atom. The molecule has 0 saturated heterocycles. The number of hydrogen-bond donors (Lipinski definition) is 0. The van der Waals surface area contributed by atoms with E-state index in [1.54, 1.807) is 5.06 Å². The number of benzene rings is 1. The first kappa shape index (κ1) is 17.6. The Hall–Kier alpha value is -1.71. The van der Waals surface area contributed by atoms with E-state index >= 15 is 0 Å². The molecular weight excluding hydrogens is 310 g/mol. The van der Waals surface area contributed by atoms with Crippen LogP contribution in [0.5, 0.6) is 0 Å². The molecule has 0 N–H and O–H groups in total. The molecule has 0 aromatic heterocycles. The number of ether oxygens (including phenoxy) is 1. The highest BCUT2D eigenvalue weighted by Gasteiger charge is 2.05. The van der Waals surface area contributed by atoms with Gasteiger partial charge in [-0.05, 0) is 43.5 Å².